The molecule has 6 nitrogen and oxygen atoms in total. The molecular weight excluding hydrogens is 278 g/mol. The van der Waals surface area contributed by atoms with E-state index in [-0.39, 0.29) is 0 Å². The molecule has 104 valence electrons. The van der Waals surface area contributed by atoms with Crippen LogP contribution in [0.4, 0.5) is 9.93 Å². The lowest BCUT2D eigenvalue weighted by molar-refractivity contribution is -0.117. The first-order valence-electron chi connectivity index (χ1n) is 5.87. The average molecular weight is 291 g/mol. The van der Waals surface area contributed by atoms with Crippen molar-refractivity contribution in [1.29, 1.82) is 0 Å². The molecule has 1 aromatic heterocycles. The van der Waals surface area contributed by atoms with Crippen LogP contribution in [0.2, 0.25) is 0 Å². The summed E-state index contributed by atoms with van der Waals surface area (Å²) in [6.07, 6.45) is -1.24. The molecule has 0 saturated carbocycles. The minimum absolute atomic E-state index is 0.438. The molecule has 2 rings (SSSR count). The molecule has 2 amide bonds. The lowest BCUT2D eigenvalue weighted by Gasteiger charge is -2.09. The van der Waals surface area contributed by atoms with Gasteiger partial charge in [-0.15, -0.1) is 11.3 Å². The van der Waals surface area contributed by atoms with Crippen molar-refractivity contribution in [3.63, 3.8) is 0 Å². The summed E-state index contributed by atoms with van der Waals surface area (Å²) in [6, 6.07) is 8.75. The summed E-state index contributed by atoms with van der Waals surface area (Å²) in [7, 11) is 0. The summed E-state index contributed by atoms with van der Waals surface area (Å²) in [4.78, 5) is 26.5. The number of nitrogens with zero attached hydrogens (tertiary/aromatic N) is 1. The summed E-state index contributed by atoms with van der Waals surface area (Å²) < 4.78 is 0. The predicted molar refractivity (Wildman–Crippen MR) is 76.8 cm³/mol. The summed E-state index contributed by atoms with van der Waals surface area (Å²) in [5.41, 5.74) is 1.73. The van der Waals surface area contributed by atoms with E-state index in [0.29, 0.717) is 5.13 Å². The second kappa shape index (κ2) is 6.16. The van der Waals surface area contributed by atoms with Gasteiger partial charge in [-0.3, -0.25) is 4.79 Å². The SMILES string of the molecule is CC(NC(=O)O)C(=O)Nc1nc(-c2ccccc2)cs1. The van der Waals surface area contributed by atoms with E-state index in [1.165, 1.54) is 18.3 Å². The number of amides is 2. The minimum atomic E-state index is -1.24. The van der Waals surface area contributed by atoms with Gasteiger partial charge in [0.15, 0.2) is 5.13 Å². The number of nitrogens with one attached hydrogen (secondary N) is 2. The van der Waals surface area contributed by atoms with Gasteiger partial charge in [0, 0.05) is 10.9 Å². The fourth-order valence-electron chi connectivity index (χ4n) is 1.54. The Hall–Kier alpha value is -2.41. The van der Waals surface area contributed by atoms with Crippen molar-refractivity contribution in [2.45, 2.75) is 13.0 Å². The van der Waals surface area contributed by atoms with E-state index in [1.807, 2.05) is 35.7 Å². The number of carbonyl (C=O) groups is 2. The lowest BCUT2D eigenvalue weighted by Crippen LogP contribution is -2.40. The summed E-state index contributed by atoms with van der Waals surface area (Å²) in [5, 5.41) is 15.5. The van der Waals surface area contributed by atoms with E-state index < -0.39 is 18.0 Å². The predicted octanol–water partition coefficient (Wildman–Crippen LogP) is 2.40. The molecule has 0 bridgehead atoms. The smallest absolute Gasteiger partial charge is 0.405 e. The Bertz CT molecular complexity index is 612. The zero-order valence-electron chi connectivity index (χ0n) is 10.7. The number of rotatable bonds is 4. The van der Waals surface area contributed by atoms with Gasteiger partial charge in [0.2, 0.25) is 5.91 Å². The maximum Gasteiger partial charge on any atom is 0.405 e. The second-order valence-electron chi connectivity index (χ2n) is 4.06. The summed E-state index contributed by atoms with van der Waals surface area (Å²) in [5.74, 6) is -0.443. The van der Waals surface area contributed by atoms with Crippen LogP contribution in [0.3, 0.4) is 0 Å². The van der Waals surface area contributed by atoms with Crippen LogP contribution < -0.4 is 10.6 Å². The second-order valence-corrected chi connectivity index (χ2v) is 4.92. The van der Waals surface area contributed by atoms with E-state index in [4.69, 9.17) is 5.11 Å². The van der Waals surface area contributed by atoms with Crippen molar-refractivity contribution in [3.05, 3.63) is 35.7 Å². The van der Waals surface area contributed by atoms with Gasteiger partial charge in [0.05, 0.1) is 5.69 Å². The highest BCUT2D eigenvalue weighted by Crippen LogP contribution is 2.24. The summed E-state index contributed by atoms with van der Waals surface area (Å²) >= 11 is 1.29. The Morgan fingerprint density at radius 3 is 2.65 bits per heavy atom. The van der Waals surface area contributed by atoms with Crippen LogP contribution in [-0.4, -0.2) is 28.1 Å². The van der Waals surface area contributed by atoms with Gasteiger partial charge in [-0.1, -0.05) is 30.3 Å². The van der Waals surface area contributed by atoms with Crippen LogP contribution >= 0.6 is 11.3 Å². The topological polar surface area (TPSA) is 91.3 Å². The maximum atomic E-state index is 11.7. The highest BCUT2D eigenvalue weighted by molar-refractivity contribution is 7.14. The fourth-order valence-corrected chi connectivity index (χ4v) is 2.26. The van der Waals surface area contributed by atoms with Crippen molar-refractivity contribution < 1.29 is 14.7 Å². The molecule has 0 aliphatic heterocycles. The normalized spacial score (nSPS) is 11.7. The molecule has 0 aliphatic rings. The van der Waals surface area contributed by atoms with Gasteiger partial charge in [-0.2, -0.15) is 0 Å². The molecule has 0 spiro atoms. The monoisotopic (exact) mass is 291 g/mol. The van der Waals surface area contributed by atoms with Gasteiger partial charge in [-0.25, -0.2) is 9.78 Å². The lowest BCUT2D eigenvalue weighted by atomic mass is 10.2. The van der Waals surface area contributed by atoms with E-state index in [1.54, 1.807) is 0 Å². The van der Waals surface area contributed by atoms with Gasteiger partial charge >= 0.3 is 6.09 Å². The molecule has 0 saturated heterocycles. The Labute approximate surface area is 119 Å². The van der Waals surface area contributed by atoms with Crippen molar-refractivity contribution in [2.24, 2.45) is 0 Å². The van der Waals surface area contributed by atoms with Gasteiger partial charge in [-0.05, 0) is 6.92 Å². The molecule has 20 heavy (non-hydrogen) atoms. The minimum Gasteiger partial charge on any atom is -0.465 e. The molecule has 0 fully saturated rings. The van der Waals surface area contributed by atoms with Crippen LogP contribution in [0, 0.1) is 0 Å². The molecule has 0 radical (unpaired) electrons. The number of carboxylic acid groups (broad SMARTS) is 1. The Morgan fingerprint density at radius 1 is 1.30 bits per heavy atom. The molecule has 0 aliphatic carbocycles. The number of hydrogen-bond donors (Lipinski definition) is 3. The third-order valence-corrected chi connectivity index (χ3v) is 3.29. The molecular formula is C13H13N3O3S. The third-order valence-electron chi connectivity index (χ3n) is 2.54. The molecule has 1 heterocycles. The highest BCUT2D eigenvalue weighted by Gasteiger charge is 2.16. The van der Waals surface area contributed by atoms with Crippen LogP contribution in [0.1, 0.15) is 6.92 Å². The largest absolute Gasteiger partial charge is 0.465 e. The summed E-state index contributed by atoms with van der Waals surface area (Å²) in [6.45, 7) is 1.47. The van der Waals surface area contributed by atoms with Crippen molar-refractivity contribution in [1.82, 2.24) is 10.3 Å². The molecule has 3 N–H and O–H groups in total. The standard InChI is InChI=1S/C13H13N3O3S/c1-8(14-13(18)19)11(17)16-12-15-10(7-20-12)9-5-3-2-4-6-9/h2-8,14H,1H3,(H,18,19)(H,15,16,17). The van der Waals surface area contributed by atoms with E-state index in [9.17, 15) is 9.59 Å². The number of thiazole rings is 1. The van der Waals surface area contributed by atoms with Crippen molar-refractivity contribution in [3.8, 4) is 11.3 Å². The van der Waals surface area contributed by atoms with E-state index in [2.05, 4.69) is 15.6 Å². The van der Waals surface area contributed by atoms with Crippen LogP contribution in [0.25, 0.3) is 11.3 Å². The Kier molecular flexibility index (Phi) is 4.31. The third kappa shape index (κ3) is 3.55. The fraction of sp³-hybridized carbons (Fsp3) is 0.154. The van der Waals surface area contributed by atoms with E-state index >= 15 is 0 Å². The number of aromatic nitrogens is 1. The quantitative estimate of drug-likeness (QED) is 0.806. The highest BCUT2D eigenvalue weighted by atomic mass is 32.1. The van der Waals surface area contributed by atoms with Gasteiger partial charge in [0.1, 0.15) is 6.04 Å². The van der Waals surface area contributed by atoms with Crippen LogP contribution in [-0.2, 0) is 4.79 Å². The molecule has 1 unspecified atom stereocenters. The first kappa shape index (κ1) is 14.0. The zero-order valence-corrected chi connectivity index (χ0v) is 11.5. The van der Waals surface area contributed by atoms with Crippen molar-refractivity contribution >= 4 is 28.5 Å². The number of hydrogen-bond acceptors (Lipinski definition) is 4. The van der Waals surface area contributed by atoms with Gasteiger partial charge < -0.3 is 15.7 Å². The van der Waals surface area contributed by atoms with Crippen LogP contribution in [0.5, 0.6) is 0 Å². The number of carbonyl (C=O) groups excluding carboxylic acids is 1. The molecule has 1 aromatic carbocycles. The zero-order chi connectivity index (χ0) is 14.5. The Balaban J connectivity index is 2.03. The first-order valence-corrected chi connectivity index (χ1v) is 6.75. The first-order chi connectivity index (χ1) is 9.56. The maximum absolute atomic E-state index is 11.7. The van der Waals surface area contributed by atoms with E-state index in [0.717, 1.165) is 11.3 Å². The average Bonchev–Trinajstić information content (AvgIpc) is 2.87. The molecule has 7 heteroatoms. The Morgan fingerprint density at radius 2 is 2.00 bits per heavy atom. The van der Waals surface area contributed by atoms with Gasteiger partial charge in [0.25, 0.3) is 0 Å². The van der Waals surface area contributed by atoms with Crippen molar-refractivity contribution in [2.75, 3.05) is 5.32 Å². The number of anilines is 1. The molecule has 1 atom stereocenters. The number of benzene rings is 1. The molecule has 2 aromatic rings. The van der Waals surface area contributed by atoms with Crippen LogP contribution in [0.15, 0.2) is 35.7 Å².